The number of rotatable bonds is 5. The van der Waals surface area contributed by atoms with Crippen molar-refractivity contribution < 1.29 is 9.21 Å². The summed E-state index contributed by atoms with van der Waals surface area (Å²) in [5.41, 5.74) is 8.91. The van der Waals surface area contributed by atoms with E-state index in [2.05, 4.69) is 15.3 Å². The second kappa shape index (κ2) is 6.85. The molecule has 4 rings (SSSR count). The number of nitrogens with two attached hydrogens (primary N) is 1. The number of nitrogens with zero attached hydrogens (tertiary/aromatic N) is 1. The molecule has 0 aliphatic rings. The number of nitrogens with one attached hydrogen (secondary N) is 2. The zero-order chi connectivity index (χ0) is 17.9. The van der Waals surface area contributed by atoms with E-state index in [1.807, 2.05) is 48.7 Å². The van der Waals surface area contributed by atoms with Crippen molar-refractivity contribution in [2.24, 2.45) is 5.73 Å². The van der Waals surface area contributed by atoms with Crippen LogP contribution in [0.15, 0.2) is 71.6 Å². The molecule has 0 aliphatic heterocycles. The first-order chi connectivity index (χ1) is 12.8. The van der Waals surface area contributed by atoms with E-state index in [9.17, 15) is 4.79 Å². The second-order valence-corrected chi connectivity index (χ2v) is 5.97. The van der Waals surface area contributed by atoms with Crippen LogP contribution in [0.25, 0.3) is 22.4 Å². The van der Waals surface area contributed by atoms with Gasteiger partial charge in [-0.15, -0.1) is 0 Å². The molecule has 0 saturated heterocycles. The van der Waals surface area contributed by atoms with Crippen molar-refractivity contribution >= 4 is 16.9 Å². The highest BCUT2D eigenvalue weighted by molar-refractivity contribution is 5.97. The molecule has 3 aromatic heterocycles. The van der Waals surface area contributed by atoms with E-state index < -0.39 is 0 Å². The molecule has 1 aromatic carbocycles. The molecule has 1 amide bonds. The van der Waals surface area contributed by atoms with Gasteiger partial charge >= 0.3 is 0 Å². The smallest absolute Gasteiger partial charge is 0.255 e. The Labute approximate surface area is 150 Å². The maximum Gasteiger partial charge on any atom is 0.255 e. The number of H-pyrrole nitrogens is 1. The van der Waals surface area contributed by atoms with Gasteiger partial charge in [0, 0.05) is 29.9 Å². The minimum atomic E-state index is -0.251. The molecule has 3 heterocycles. The van der Waals surface area contributed by atoms with Gasteiger partial charge in [-0.3, -0.25) is 4.79 Å². The summed E-state index contributed by atoms with van der Waals surface area (Å²) in [5.74, 6) is 0.393. The van der Waals surface area contributed by atoms with Gasteiger partial charge in [0.2, 0.25) is 0 Å². The summed E-state index contributed by atoms with van der Waals surface area (Å²) < 4.78 is 5.64. The molecule has 6 nitrogen and oxygen atoms in total. The van der Waals surface area contributed by atoms with Crippen LogP contribution >= 0.6 is 0 Å². The van der Waals surface area contributed by atoms with Crippen LogP contribution in [-0.4, -0.2) is 22.4 Å². The van der Waals surface area contributed by atoms with Crippen LogP contribution in [-0.2, 0) is 0 Å². The van der Waals surface area contributed by atoms with Crippen molar-refractivity contribution in [3.05, 3.63) is 78.3 Å². The van der Waals surface area contributed by atoms with E-state index in [-0.39, 0.29) is 11.9 Å². The fraction of sp³-hybridized carbons (Fsp3) is 0.100. The zero-order valence-electron chi connectivity index (χ0n) is 14.0. The van der Waals surface area contributed by atoms with Gasteiger partial charge < -0.3 is 20.5 Å². The predicted octanol–water partition coefficient (Wildman–Crippen LogP) is 3.25. The van der Waals surface area contributed by atoms with Gasteiger partial charge in [-0.05, 0) is 23.8 Å². The highest BCUT2D eigenvalue weighted by atomic mass is 16.3. The topological polar surface area (TPSA) is 96.9 Å². The number of aromatic amines is 1. The maximum atomic E-state index is 12.6. The normalized spacial score (nSPS) is 12.2. The third kappa shape index (κ3) is 2.98. The Hall–Kier alpha value is -3.38. The number of fused-ring (bicyclic) bond motifs is 1. The number of benzene rings is 1. The molecule has 4 N–H and O–H groups in total. The molecule has 0 spiro atoms. The number of furan rings is 1. The Kier molecular flexibility index (Phi) is 4.25. The van der Waals surface area contributed by atoms with E-state index in [4.69, 9.17) is 10.2 Å². The Morgan fingerprint density at radius 3 is 2.88 bits per heavy atom. The number of hydrogen-bond donors (Lipinski definition) is 3. The van der Waals surface area contributed by atoms with Crippen LogP contribution in [0.3, 0.4) is 0 Å². The Morgan fingerprint density at radius 1 is 1.23 bits per heavy atom. The first kappa shape index (κ1) is 16.1. The molecule has 1 atom stereocenters. The molecule has 0 bridgehead atoms. The Morgan fingerprint density at radius 2 is 2.08 bits per heavy atom. The van der Waals surface area contributed by atoms with Crippen molar-refractivity contribution in [1.29, 1.82) is 0 Å². The molecule has 6 heteroatoms. The number of amides is 1. The van der Waals surface area contributed by atoms with Gasteiger partial charge in [0.1, 0.15) is 17.7 Å². The highest BCUT2D eigenvalue weighted by Crippen LogP contribution is 2.28. The molecule has 4 aromatic rings. The first-order valence-electron chi connectivity index (χ1n) is 8.33. The number of pyridine rings is 1. The van der Waals surface area contributed by atoms with E-state index in [0.717, 1.165) is 22.2 Å². The van der Waals surface area contributed by atoms with Crippen LogP contribution in [0.1, 0.15) is 22.0 Å². The Bertz CT molecular complexity index is 1040. The summed E-state index contributed by atoms with van der Waals surface area (Å²) in [4.78, 5) is 19.9. The van der Waals surface area contributed by atoms with E-state index >= 15 is 0 Å². The van der Waals surface area contributed by atoms with Crippen molar-refractivity contribution in [2.45, 2.75) is 6.04 Å². The number of carbonyl (C=O) groups excluding carboxylic acids is 1. The molecule has 1 unspecified atom stereocenters. The quantitative estimate of drug-likeness (QED) is 0.517. The van der Waals surface area contributed by atoms with Gasteiger partial charge in [0.25, 0.3) is 5.91 Å². The molecule has 26 heavy (non-hydrogen) atoms. The lowest BCUT2D eigenvalue weighted by Crippen LogP contribution is -2.33. The van der Waals surface area contributed by atoms with Crippen LogP contribution in [0.2, 0.25) is 0 Å². The third-order valence-electron chi connectivity index (χ3n) is 4.33. The van der Waals surface area contributed by atoms with Gasteiger partial charge in [-0.1, -0.05) is 30.3 Å². The van der Waals surface area contributed by atoms with Crippen LogP contribution in [0.4, 0.5) is 0 Å². The van der Waals surface area contributed by atoms with Crippen molar-refractivity contribution in [1.82, 2.24) is 15.3 Å². The number of carbonyl (C=O) groups is 1. The molecule has 0 radical (unpaired) electrons. The molecular formula is C20H18N4O2. The average Bonchev–Trinajstić information content (AvgIpc) is 3.35. The number of hydrogen-bond acceptors (Lipinski definition) is 4. The summed E-state index contributed by atoms with van der Waals surface area (Å²) in [6, 6.07) is 14.9. The molecule has 130 valence electrons. The molecule has 0 fully saturated rings. The van der Waals surface area contributed by atoms with Crippen LogP contribution < -0.4 is 11.1 Å². The van der Waals surface area contributed by atoms with E-state index in [0.29, 0.717) is 17.9 Å². The molecular weight excluding hydrogens is 328 g/mol. The largest absolute Gasteiger partial charge is 0.463 e. The fourth-order valence-electron chi connectivity index (χ4n) is 2.98. The number of aromatic nitrogens is 2. The lowest BCUT2D eigenvalue weighted by atomic mass is 10.1. The monoisotopic (exact) mass is 346 g/mol. The maximum absolute atomic E-state index is 12.6. The van der Waals surface area contributed by atoms with Crippen molar-refractivity contribution in [2.75, 3.05) is 6.54 Å². The van der Waals surface area contributed by atoms with Gasteiger partial charge in [0.15, 0.2) is 0 Å². The van der Waals surface area contributed by atoms with Gasteiger partial charge in [0.05, 0.1) is 11.6 Å². The van der Waals surface area contributed by atoms with Crippen molar-refractivity contribution in [3.63, 3.8) is 0 Å². The minimum absolute atomic E-state index is 0.223. The third-order valence-corrected chi connectivity index (χ3v) is 4.33. The van der Waals surface area contributed by atoms with E-state index in [1.165, 1.54) is 6.26 Å². The first-order valence-corrected chi connectivity index (χ1v) is 8.33. The van der Waals surface area contributed by atoms with Crippen molar-refractivity contribution in [3.8, 4) is 11.3 Å². The standard InChI is InChI=1S/C20H18N4O2/c21-11-17(13-4-2-1-3-5-13)24-20(25)14-10-18(26-12-14)15-6-8-22-19-16(15)7-9-23-19/h1-10,12,17H,11,21H2,(H,22,23)(H,24,25). The Balaban J connectivity index is 1.58. The zero-order valence-corrected chi connectivity index (χ0v) is 14.0. The summed E-state index contributed by atoms with van der Waals surface area (Å²) in [6.07, 6.45) is 4.99. The second-order valence-electron chi connectivity index (χ2n) is 5.97. The lowest BCUT2D eigenvalue weighted by Gasteiger charge is -2.16. The fourth-order valence-corrected chi connectivity index (χ4v) is 2.98. The summed E-state index contributed by atoms with van der Waals surface area (Å²) in [7, 11) is 0. The van der Waals surface area contributed by atoms with Crippen LogP contribution in [0, 0.1) is 0 Å². The molecule has 0 aliphatic carbocycles. The minimum Gasteiger partial charge on any atom is -0.463 e. The highest BCUT2D eigenvalue weighted by Gasteiger charge is 2.17. The average molecular weight is 346 g/mol. The molecule has 0 saturated carbocycles. The summed E-state index contributed by atoms with van der Waals surface area (Å²) in [5, 5.41) is 3.90. The SMILES string of the molecule is NCC(NC(=O)c1coc(-c2ccnc3[nH]ccc23)c1)c1ccccc1. The van der Waals surface area contributed by atoms with E-state index in [1.54, 1.807) is 12.3 Å². The van der Waals surface area contributed by atoms with Gasteiger partial charge in [-0.2, -0.15) is 0 Å². The summed E-state index contributed by atoms with van der Waals surface area (Å²) in [6.45, 7) is 0.314. The van der Waals surface area contributed by atoms with Gasteiger partial charge in [-0.25, -0.2) is 4.98 Å². The lowest BCUT2D eigenvalue weighted by molar-refractivity contribution is 0.0937. The van der Waals surface area contributed by atoms with Crippen LogP contribution in [0.5, 0.6) is 0 Å². The predicted molar refractivity (Wildman–Crippen MR) is 99.5 cm³/mol. The summed E-state index contributed by atoms with van der Waals surface area (Å²) >= 11 is 0.